The summed E-state index contributed by atoms with van der Waals surface area (Å²) in [5, 5.41) is 13.9. The number of rotatable bonds is 6. The lowest BCUT2D eigenvalue weighted by molar-refractivity contribution is -0.116. The Bertz CT molecular complexity index is 934. The Kier molecular flexibility index (Phi) is 5.57. The summed E-state index contributed by atoms with van der Waals surface area (Å²) in [7, 11) is 1.63. The van der Waals surface area contributed by atoms with E-state index in [0.29, 0.717) is 18.6 Å². The largest absolute Gasteiger partial charge is 0.509 e. The normalized spacial score (nSPS) is 19.2. The minimum atomic E-state index is -0.810. The van der Waals surface area contributed by atoms with Gasteiger partial charge in [-0.3, -0.25) is 4.79 Å². The van der Waals surface area contributed by atoms with Gasteiger partial charge in [-0.15, -0.1) is 0 Å². The number of halogens is 1. The number of aliphatic hydroxyl groups is 1. The predicted octanol–water partition coefficient (Wildman–Crippen LogP) is 4.69. The van der Waals surface area contributed by atoms with Gasteiger partial charge in [0.1, 0.15) is 11.6 Å². The van der Waals surface area contributed by atoms with Crippen molar-refractivity contribution in [1.82, 2.24) is 5.32 Å². The van der Waals surface area contributed by atoms with E-state index >= 15 is 0 Å². The number of amides is 1. The van der Waals surface area contributed by atoms with Crippen LogP contribution >= 0.6 is 0 Å². The molecule has 1 unspecified atom stereocenters. The SMILES string of the molecule is COCCCC1(C)NC(=O)C(c2c(C)ccc(-c3ccc(F)cc3)c2C)=C1O. The Hall–Kier alpha value is -2.66. The van der Waals surface area contributed by atoms with E-state index in [-0.39, 0.29) is 17.5 Å². The second-order valence-electron chi connectivity index (χ2n) is 7.54. The molecule has 0 saturated heterocycles. The summed E-state index contributed by atoms with van der Waals surface area (Å²) >= 11 is 0. The van der Waals surface area contributed by atoms with E-state index in [4.69, 9.17) is 4.74 Å². The molecule has 1 heterocycles. The summed E-state index contributed by atoms with van der Waals surface area (Å²) in [6.07, 6.45) is 1.30. The molecule has 2 N–H and O–H groups in total. The Balaban J connectivity index is 2.09. The van der Waals surface area contributed by atoms with Gasteiger partial charge >= 0.3 is 0 Å². The van der Waals surface area contributed by atoms with Crippen molar-refractivity contribution in [2.45, 2.75) is 39.2 Å². The van der Waals surface area contributed by atoms with Crippen LogP contribution in [-0.2, 0) is 9.53 Å². The molecule has 0 saturated carbocycles. The summed E-state index contributed by atoms with van der Waals surface area (Å²) in [5.74, 6) is -0.507. The fourth-order valence-electron chi connectivity index (χ4n) is 3.91. The first-order chi connectivity index (χ1) is 13.3. The van der Waals surface area contributed by atoms with Crippen molar-refractivity contribution in [3.8, 4) is 11.1 Å². The number of nitrogens with one attached hydrogen (secondary N) is 1. The molecular formula is C23H26FNO3. The van der Waals surface area contributed by atoms with Gasteiger partial charge in [0.05, 0.1) is 11.1 Å². The van der Waals surface area contributed by atoms with E-state index in [2.05, 4.69) is 5.32 Å². The van der Waals surface area contributed by atoms with Crippen LogP contribution in [0.15, 0.2) is 42.2 Å². The molecule has 0 aliphatic carbocycles. The molecule has 5 heteroatoms. The van der Waals surface area contributed by atoms with Gasteiger partial charge < -0.3 is 15.2 Å². The van der Waals surface area contributed by atoms with Gasteiger partial charge in [-0.05, 0) is 73.6 Å². The Morgan fingerprint density at radius 2 is 1.82 bits per heavy atom. The molecule has 0 bridgehead atoms. The molecule has 148 valence electrons. The zero-order chi connectivity index (χ0) is 20.5. The highest BCUT2D eigenvalue weighted by molar-refractivity contribution is 6.24. The molecule has 28 heavy (non-hydrogen) atoms. The summed E-state index contributed by atoms with van der Waals surface area (Å²) in [4.78, 5) is 12.8. The maximum absolute atomic E-state index is 13.3. The van der Waals surface area contributed by atoms with Crippen molar-refractivity contribution >= 4 is 11.5 Å². The number of aryl methyl sites for hydroxylation is 1. The lowest BCUT2D eigenvalue weighted by Crippen LogP contribution is -2.41. The molecule has 0 fully saturated rings. The van der Waals surface area contributed by atoms with Crippen LogP contribution in [0.3, 0.4) is 0 Å². The van der Waals surface area contributed by atoms with Crippen LogP contribution in [0.25, 0.3) is 16.7 Å². The van der Waals surface area contributed by atoms with Gasteiger partial charge in [-0.2, -0.15) is 0 Å². The summed E-state index contributed by atoms with van der Waals surface area (Å²) in [6.45, 7) is 6.24. The molecular weight excluding hydrogens is 357 g/mol. The van der Waals surface area contributed by atoms with Crippen LogP contribution in [0.2, 0.25) is 0 Å². The topological polar surface area (TPSA) is 58.6 Å². The zero-order valence-corrected chi connectivity index (χ0v) is 16.7. The number of hydrogen-bond donors (Lipinski definition) is 2. The Morgan fingerprint density at radius 1 is 1.14 bits per heavy atom. The highest BCUT2D eigenvalue weighted by atomic mass is 19.1. The van der Waals surface area contributed by atoms with Crippen molar-refractivity contribution < 1.29 is 19.0 Å². The van der Waals surface area contributed by atoms with Crippen molar-refractivity contribution in [2.75, 3.05) is 13.7 Å². The van der Waals surface area contributed by atoms with Crippen LogP contribution in [0.1, 0.15) is 36.5 Å². The predicted molar refractivity (Wildman–Crippen MR) is 109 cm³/mol. The standard InChI is InChI=1S/C23H26FNO3/c1-14-6-11-18(16-7-9-17(24)10-8-16)15(2)19(14)20-21(26)23(3,25-22(20)27)12-5-13-28-4/h6-11,26H,5,12-13H2,1-4H3,(H,25,27). The molecule has 0 spiro atoms. The van der Waals surface area contributed by atoms with E-state index in [1.807, 2.05) is 32.9 Å². The second-order valence-corrected chi connectivity index (χ2v) is 7.54. The van der Waals surface area contributed by atoms with E-state index in [1.54, 1.807) is 19.2 Å². The molecule has 1 aliphatic rings. The minimum absolute atomic E-state index is 0.0658. The lowest BCUT2D eigenvalue weighted by atomic mass is 9.87. The van der Waals surface area contributed by atoms with E-state index in [9.17, 15) is 14.3 Å². The number of carbonyl (C=O) groups excluding carboxylic acids is 1. The number of ether oxygens (including phenoxy) is 1. The highest BCUT2D eigenvalue weighted by Gasteiger charge is 2.42. The molecule has 1 amide bonds. The third-order valence-electron chi connectivity index (χ3n) is 5.48. The van der Waals surface area contributed by atoms with E-state index in [1.165, 1.54) is 12.1 Å². The lowest BCUT2D eigenvalue weighted by Gasteiger charge is -2.24. The third kappa shape index (κ3) is 3.54. The number of aliphatic hydroxyl groups excluding tert-OH is 1. The van der Waals surface area contributed by atoms with Crippen LogP contribution < -0.4 is 5.32 Å². The van der Waals surface area contributed by atoms with Crippen LogP contribution in [0.4, 0.5) is 4.39 Å². The average molecular weight is 383 g/mol. The maximum atomic E-state index is 13.3. The smallest absolute Gasteiger partial charge is 0.256 e. The van der Waals surface area contributed by atoms with Crippen molar-refractivity contribution in [3.05, 3.63) is 64.7 Å². The molecule has 1 aliphatic heterocycles. The molecule has 4 nitrogen and oxygen atoms in total. The monoisotopic (exact) mass is 383 g/mol. The summed E-state index contributed by atoms with van der Waals surface area (Å²) in [6, 6.07) is 10.2. The van der Waals surface area contributed by atoms with Gasteiger partial charge in [-0.25, -0.2) is 4.39 Å². The fraction of sp³-hybridized carbons (Fsp3) is 0.348. The Morgan fingerprint density at radius 3 is 2.46 bits per heavy atom. The second kappa shape index (κ2) is 7.76. The first kappa shape index (κ1) is 20.1. The molecule has 1 atom stereocenters. The maximum Gasteiger partial charge on any atom is 0.256 e. The summed E-state index contributed by atoms with van der Waals surface area (Å²) in [5.41, 5.74) is 3.79. The number of benzene rings is 2. The van der Waals surface area contributed by atoms with Gasteiger partial charge in [0.2, 0.25) is 0 Å². The van der Waals surface area contributed by atoms with Crippen molar-refractivity contribution in [2.24, 2.45) is 0 Å². The van der Waals surface area contributed by atoms with Crippen LogP contribution in [-0.4, -0.2) is 30.3 Å². The number of carbonyl (C=O) groups is 1. The van der Waals surface area contributed by atoms with E-state index in [0.717, 1.165) is 34.2 Å². The van der Waals surface area contributed by atoms with Gasteiger partial charge in [0.25, 0.3) is 5.91 Å². The number of hydrogen-bond acceptors (Lipinski definition) is 3. The van der Waals surface area contributed by atoms with Gasteiger partial charge in [0, 0.05) is 13.7 Å². The van der Waals surface area contributed by atoms with Gasteiger partial charge in [-0.1, -0.05) is 24.3 Å². The van der Waals surface area contributed by atoms with Crippen molar-refractivity contribution in [1.29, 1.82) is 0 Å². The fourth-order valence-corrected chi connectivity index (χ4v) is 3.91. The molecule has 2 aromatic rings. The highest BCUT2D eigenvalue weighted by Crippen LogP contribution is 2.39. The minimum Gasteiger partial charge on any atom is -0.509 e. The van der Waals surface area contributed by atoms with E-state index < -0.39 is 5.54 Å². The molecule has 2 aromatic carbocycles. The van der Waals surface area contributed by atoms with Crippen molar-refractivity contribution in [3.63, 3.8) is 0 Å². The molecule has 0 aromatic heterocycles. The Labute approximate surface area is 165 Å². The number of methoxy groups -OCH3 is 1. The van der Waals surface area contributed by atoms with Crippen LogP contribution in [0, 0.1) is 19.7 Å². The first-order valence-corrected chi connectivity index (χ1v) is 9.40. The quantitative estimate of drug-likeness (QED) is 0.711. The van der Waals surface area contributed by atoms with Crippen LogP contribution in [0.5, 0.6) is 0 Å². The summed E-state index contributed by atoms with van der Waals surface area (Å²) < 4.78 is 18.4. The molecule has 0 radical (unpaired) electrons. The first-order valence-electron chi connectivity index (χ1n) is 9.40. The zero-order valence-electron chi connectivity index (χ0n) is 16.7. The van der Waals surface area contributed by atoms with Gasteiger partial charge in [0.15, 0.2) is 0 Å². The average Bonchev–Trinajstić information content (AvgIpc) is 2.86. The molecule has 3 rings (SSSR count). The third-order valence-corrected chi connectivity index (χ3v) is 5.48.